The fourth-order valence-electron chi connectivity index (χ4n) is 3.53. The van der Waals surface area contributed by atoms with Gasteiger partial charge in [0, 0.05) is 19.2 Å². The normalized spacial score (nSPS) is 31.4. The van der Waals surface area contributed by atoms with Gasteiger partial charge in [-0.05, 0) is 56.6 Å². The zero-order chi connectivity index (χ0) is 13.3. The second-order valence-electron chi connectivity index (χ2n) is 6.33. The molecule has 3 rings (SSSR count). The predicted molar refractivity (Wildman–Crippen MR) is 78.6 cm³/mol. The molecule has 1 heterocycles. The predicted octanol–water partition coefficient (Wildman–Crippen LogP) is 3.26. The molecule has 2 heteroatoms. The first kappa shape index (κ1) is 13.1. The lowest BCUT2D eigenvalue weighted by Gasteiger charge is -2.32. The molecule has 0 spiro atoms. The Hall–Kier alpha value is -0.860. The summed E-state index contributed by atoms with van der Waals surface area (Å²) in [6.45, 7) is 6.53. The molecule has 0 bridgehead atoms. The highest BCUT2D eigenvalue weighted by atomic mass is 16.5. The Morgan fingerprint density at radius 1 is 1.42 bits per heavy atom. The summed E-state index contributed by atoms with van der Waals surface area (Å²) < 4.78 is 5.92. The van der Waals surface area contributed by atoms with Crippen molar-refractivity contribution in [2.75, 3.05) is 13.2 Å². The highest BCUT2D eigenvalue weighted by Crippen LogP contribution is 2.33. The molecule has 1 aliphatic carbocycles. The van der Waals surface area contributed by atoms with Crippen LogP contribution in [0.2, 0.25) is 0 Å². The van der Waals surface area contributed by atoms with Crippen molar-refractivity contribution >= 4 is 0 Å². The lowest BCUT2D eigenvalue weighted by atomic mass is 9.93. The second-order valence-corrected chi connectivity index (χ2v) is 6.33. The van der Waals surface area contributed by atoms with E-state index in [1.807, 2.05) is 0 Å². The lowest BCUT2D eigenvalue weighted by molar-refractivity contribution is -0.00676. The summed E-state index contributed by atoms with van der Waals surface area (Å²) in [4.78, 5) is 0. The van der Waals surface area contributed by atoms with Gasteiger partial charge in [0.1, 0.15) is 0 Å². The fourth-order valence-corrected chi connectivity index (χ4v) is 3.53. The molecule has 0 amide bonds. The molecule has 0 saturated carbocycles. The average molecular weight is 259 g/mol. The summed E-state index contributed by atoms with van der Waals surface area (Å²) in [6, 6.07) is 9.34. The highest BCUT2D eigenvalue weighted by molar-refractivity contribution is 5.35. The van der Waals surface area contributed by atoms with Crippen molar-refractivity contribution in [3.63, 3.8) is 0 Å². The SMILES string of the molecule is C[C@H](NC[C@H]1CCc2ccccc21)[C@@]1(C)CCCO1. The zero-order valence-corrected chi connectivity index (χ0v) is 12.1. The maximum atomic E-state index is 5.92. The van der Waals surface area contributed by atoms with Crippen LogP contribution in [-0.4, -0.2) is 24.8 Å². The van der Waals surface area contributed by atoms with Crippen LogP contribution in [0.5, 0.6) is 0 Å². The third kappa shape index (κ3) is 2.56. The van der Waals surface area contributed by atoms with E-state index in [1.165, 1.54) is 25.7 Å². The topological polar surface area (TPSA) is 21.3 Å². The van der Waals surface area contributed by atoms with Gasteiger partial charge in [0.15, 0.2) is 0 Å². The minimum absolute atomic E-state index is 0.0398. The van der Waals surface area contributed by atoms with Gasteiger partial charge in [-0.25, -0.2) is 0 Å². The maximum Gasteiger partial charge on any atom is 0.0804 e. The number of fused-ring (bicyclic) bond motifs is 1. The standard InChI is InChI=1S/C17H25NO/c1-13(17(2)10-5-11-19-17)18-12-15-9-8-14-6-3-4-7-16(14)15/h3-4,6-7,13,15,18H,5,8-12H2,1-2H3/t13-,15+,17+/m0/s1. The fraction of sp³-hybridized carbons (Fsp3) is 0.647. The summed E-state index contributed by atoms with van der Waals surface area (Å²) in [6.07, 6.45) is 4.92. The van der Waals surface area contributed by atoms with Crippen LogP contribution in [0, 0.1) is 0 Å². The quantitative estimate of drug-likeness (QED) is 0.896. The number of benzene rings is 1. The smallest absolute Gasteiger partial charge is 0.0804 e. The van der Waals surface area contributed by atoms with Crippen LogP contribution in [-0.2, 0) is 11.2 Å². The van der Waals surface area contributed by atoms with E-state index in [4.69, 9.17) is 4.74 Å². The van der Waals surface area contributed by atoms with E-state index in [1.54, 1.807) is 11.1 Å². The molecule has 19 heavy (non-hydrogen) atoms. The Balaban J connectivity index is 1.59. The average Bonchev–Trinajstić information content (AvgIpc) is 3.03. The van der Waals surface area contributed by atoms with Gasteiger partial charge in [-0.2, -0.15) is 0 Å². The summed E-state index contributed by atoms with van der Waals surface area (Å²) in [5.74, 6) is 0.684. The Kier molecular flexibility index (Phi) is 3.64. The first-order valence-corrected chi connectivity index (χ1v) is 7.64. The Bertz CT molecular complexity index is 437. The van der Waals surface area contributed by atoms with E-state index in [0.29, 0.717) is 12.0 Å². The Labute approximate surface area is 116 Å². The zero-order valence-electron chi connectivity index (χ0n) is 12.1. The molecule has 1 aromatic rings. The van der Waals surface area contributed by atoms with E-state index in [2.05, 4.69) is 43.4 Å². The molecule has 1 saturated heterocycles. The van der Waals surface area contributed by atoms with Crippen LogP contribution in [0.25, 0.3) is 0 Å². The van der Waals surface area contributed by atoms with Crippen LogP contribution in [0.1, 0.15) is 50.2 Å². The van der Waals surface area contributed by atoms with Crippen LogP contribution in [0.4, 0.5) is 0 Å². The molecule has 1 fully saturated rings. The molecule has 2 aliphatic rings. The van der Waals surface area contributed by atoms with Crippen LogP contribution in [0.15, 0.2) is 24.3 Å². The molecule has 0 unspecified atom stereocenters. The number of nitrogens with one attached hydrogen (secondary N) is 1. The van der Waals surface area contributed by atoms with Crippen molar-refractivity contribution in [3.05, 3.63) is 35.4 Å². The number of aryl methyl sites for hydroxylation is 1. The summed E-state index contributed by atoms with van der Waals surface area (Å²) >= 11 is 0. The van der Waals surface area contributed by atoms with E-state index in [0.717, 1.165) is 13.2 Å². The van der Waals surface area contributed by atoms with Crippen LogP contribution < -0.4 is 5.32 Å². The molecule has 2 nitrogen and oxygen atoms in total. The number of ether oxygens (including phenoxy) is 1. The van der Waals surface area contributed by atoms with Gasteiger partial charge in [0.25, 0.3) is 0 Å². The first-order valence-electron chi connectivity index (χ1n) is 7.64. The van der Waals surface area contributed by atoms with Crippen molar-refractivity contribution < 1.29 is 4.74 Å². The van der Waals surface area contributed by atoms with Gasteiger partial charge in [-0.15, -0.1) is 0 Å². The lowest BCUT2D eigenvalue weighted by Crippen LogP contribution is -2.47. The number of hydrogen-bond donors (Lipinski definition) is 1. The van der Waals surface area contributed by atoms with Gasteiger partial charge >= 0.3 is 0 Å². The van der Waals surface area contributed by atoms with E-state index in [-0.39, 0.29) is 5.60 Å². The molecule has 0 aromatic heterocycles. The Morgan fingerprint density at radius 2 is 2.26 bits per heavy atom. The number of rotatable bonds is 4. The third-order valence-corrected chi connectivity index (χ3v) is 5.09. The van der Waals surface area contributed by atoms with E-state index in [9.17, 15) is 0 Å². The first-order chi connectivity index (χ1) is 9.19. The van der Waals surface area contributed by atoms with Crippen molar-refractivity contribution in [1.82, 2.24) is 5.32 Å². The van der Waals surface area contributed by atoms with Gasteiger partial charge in [0.05, 0.1) is 5.60 Å². The van der Waals surface area contributed by atoms with Crippen molar-refractivity contribution in [2.45, 2.75) is 57.1 Å². The van der Waals surface area contributed by atoms with Crippen molar-refractivity contribution in [1.29, 1.82) is 0 Å². The minimum Gasteiger partial charge on any atom is -0.374 e. The highest BCUT2D eigenvalue weighted by Gasteiger charge is 2.36. The molecular weight excluding hydrogens is 234 g/mol. The van der Waals surface area contributed by atoms with E-state index >= 15 is 0 Å². The van der Waals surface area contributed by atoms with Gasteiger partial charge in [0.2, 0.25) is 0 Å². The molecule has 0 radical (unpaired) electrons. The molecule has 1 N–H and O–H groups in total. The molecule has 3 atom stereocenters. The van der Waals surface area contributed by atoms with Gasteiger partial charge in [-0.1, -0.05) is 24.3 Å². The Morgan fingerprint density at radius 3 is 3.05 bits per heavy atom. The molecule has 1 aliphatic heterocycles. The van der Waals surface area contributed by atoms with Crippen LogP contribution in [0.3, 0.4) is 0 Å². The van der Waals surface area contributed by atoms with Crippen LogP contribution >= 0.6 is 0 Å². The minimum atomic E-state index is 0.0398. The monoisotopic (exact) mass is 259 g/mol. The second kappa shape index (κ2) is 5.26. The molecule has 104 valence electrons. The summed E-state index contributed by atoms with van der Waals surface area (Å²) in [5, 5.41) is 3.72. The molecular formula is C17H25NO. The van der Waals surface area contributed by atoms with E-state index < -0.39 is 0 Å². The summed E-state index contributed by atoms with van der Waals surface area (Å²) in [5.41, 5.74) is 3.14. The number of hydrogen-bond acceptors (Lipinski definition) is 2. The van der Waals surface area contributed by atoms with Crippen molar-refractivity contribution in [2.24, 2.45) is 0 Å². The molecule has 1 aromatic carbocycles. The third-order valence-electron chi connectivity index (χ3n) is 5.09. The summed E-state index contributed by atoms with van der Waals surface area (Å²) in [7, 11) is 0. The van der Waals surface area contributed by atoms with Gasteiger partial charge in [-0.3, -0.25) is 0 Å². The largest absolute Gasteiger partial charge is 0.374 e. The van der Waals surface area contributed by atoms with Gasteiger partial charge < -0.3 is 10.1 Å². The van der Waals surface area contributed by atoms with Crippen molar-refractivity contribution in [3.8, 4) is 0 Å². The maximum absolute atomic E-state index is 5.92.